The predicted octanol–water partition coefficient (Wildman–Crippen LogP) is 4.59. The van der Waals surface area contributed by atoms with Gasteiger partial charge in [-0.05, 0) is 43.5 Å². The summed E-state index contributed by atoms with van der Waals surface area (Å²) >= 11 is 0. The van der Waals surface area contributed by atoms with Crippen LogP contribution in [0.5, 0.6) is 0 Å². The maximum absolute atomic E-state index is 13.4. The molecule has 1 saturated heterocycles. The molecule has 0 aliphatic carbocycles. The molecule has 0 radical (unpaired) electrons. The fourth-order valence-corrected chi connectivity index (χ4v) is 3.75. The quantitative estimate of drug-likeness (QED) is 0.628. The number of amides is 1. The number of rotatable bonds is 9. The first-order valence-corrected chi connectivity index (χ1v) is 10.8. The van der Waals surface area contributed by atoms with Crippen LogP contribution in [0.2, 0.25) is 0 Å². The van der Waals surface area contributed by atoms with Crippen LogP contribution in [0, 0.1) is 11.7 Å². The summed E-state index contributed by atoms with van der Waals surface area (Å²) in [7, 11) is 0. The second-order valence-electron chi connectivity index (χ2n) is 7.75. The summed E-state index contributed by atoms with van der Waals surface area (Å²) in [5.74, 6) is 0.795. The lowest BCUT2D eigenvalue weighted by Gasteiger charge is -2.31. The predicted molar refractivity (Wildman–Crippen MR) is 114 cm³/mol. The van der Waals surface area contributed by atoms with Gasteiger partial charge < -0.3 is 10.2 Å². The first kappa shape index (κ1) is 21.2. The minimum Gasteiger partial charge on any atom is -0.356 e. The van der Waals surface area contributed by atoms with Crippen LogP contribution >= 0.6 is 0 Å². The minimum absolute atomic E-state index is 0.0846. The zero-order chi connectivity index (χ0) is 20.5. The van der Waals surface area contributed by atoms with Gasteiger partial charge in [0.25, 0.3) is 0 Å². The number of nitrogens with one attached hydrogen (secondary N) is 1. The molecule has 6 heteroatoms. The third-order valence-corrected chi connectivity index (χ3v) is 5.54. The minimum atomic E-state index is -0.283. The van der Waals surface area contributed by atoms with Crippen molar-refractivity contribution < 1.29 is 9.18 Å². The molecule has 0 spiro atoms. The highest BCUT2D eigenvalue weighted by molar-refractivity contribution is 5.78. The van der Waals surface area contributed by atoms with E-state index in [2.05, 4.69) is 27.3 Å². The average Bonchev–Trinajstić information content (AvgIpc) is 2.76. The van der Waals surface area contributed by atoms with Crippen LogP contribution in [-0.4, -0.2) is 35.7 Å². The Bertz CT molecular complexity index is 773. The van der Waals surface area contributed by atoms with Crippen molar-refractivity contribution in [3.05, 3.63) is 42.2 Å². The van der Waals surface area contributed by atoms with Crippen molar-refractivity contribution >= 4 is 11.7 Å². The Morgan fingerprint density at radius 1 is 1.10 bits per heavy atom. The molecular weight excluding hydrogens is 367 g/mol. The van der Waals surface area contributed by atoms with E-state index in [-0.39, 0.29) is 17.6 Å². The van der Waals surface area contributed by atoms with Crippen LogP contribution in [0.1, 0.15) is 51.9 Å². The fraction of sp³-hybridized carbons (Fsp3) is 0.522. The normalized spacial score (nSPS) is 14.8. The van der Waals surface area contributed by atoms with Gasteiger partial charge in [-0.15, -0.1) is 10.2 Å². The van der Waals surface area contributed by atoms with Gasteiger partial charge in [0.05, 0.1) is 5.69 Å². The highest BCUT2D eigenvalue weighted by Crippen LogP contribution is 2.24. The van der Waals surface area contributed by atoms with E-state index in [0.717, 1.165) is 44.7 Å². The van der Waals surface area contributed by atoms with Gasteiger partial charge >= 0.3 is 0 Å². The number of anilines is 1. The Kier molecular flexibility index (Phi) is 7.96. The van der Waals surface area contributed by atoms with E-state index < -0.39 is 0 Å². The standard InChI is InChI=1S/C23H31FN4O/c1-2-3-4-5-6-14-25-23(29)18-12-15-28(16-13-18)22-11-10-21(26-27-22)19-8-7-9-20(24)17-19/h7-11,17-18H,2-6,12-16H2,1H3,(H,25,29). The molecule has 0 saturated carbocycles. The van der Waals surface area contributed by atoms with E-state index in [4.69, 9.17) is 0 Å². The molecule has 1 fully saturated rings. The highest BCUT2D eigenvalue weighted by Gasteiger charge is 2.25. The first-order valence-electron chi connectivity index (χ1n) is 10.8. The van der Waals surface area contributed by atoms with Crippen molar-refractivity contribution in [2.24, 2.45) is 5.92 Å². The van der Waals surface area contributed by atoms with Crippen LogP contribution in [0.3, 0.4) is 0 Å². The SMILES string of the molecule is CCCCCCCNC(=O)C1CCN(c2ccc(-c3cccc(F)c3)nn2)CC1. The molecular formula is C23H31FN4O. The van der Waals surface area contributed by atoms with Gasteiger partial charge in [-0.1, -0.05) is 44.7 Å². The molecule has 0 unspecified atom stereocenters. The van der Waals surface area contributed by atoms with Gasteiger partial charge in [-0.2, -0.15) is 0 Å². The third-order valence-electron chi connectivity index (χ3n) is 5.54. The molecule has 1 aromatic carbocycles. The van der Waals surface area contributed by atoms with E-state index in [1.54, 1.807) is 6.07 Å². The molecule has 156 valence electrons. The fourth-order valence-electron chi connectivity index (χ4n) is 3.75. The lowest BCUT2D eigenvalue weighted by Crippen LogP contribution is -2.41. The maximum atomic E-state index is 13.4. The lowest BCUT2D eigenvalue weighted by atomic mass is 9.96. The summed E-state index contributed by atoms with van der Waals surface area (Å²) in [6.45, 7) is 4.58. The smallest absolute Gasteiger partial charge is 0.223 e. The van der Waals surface area contributed by atoms with E-state index in [1.165, 1.54) is 37.8 Å². The van der Waals surface area contributed by atoms with Crippen molar-refractivity contribution in [1.29, 1.82) is 0 Å². The van der Waals surface area contributed by atoms with Crippen molar-refractivity contribution in [3.63, 3.8) is 0 Å². The number of carbonyl (C=O) groups excluding carboxylic acids is 1. The van der Waals surface area contributed by atoms with Crippen LogP contribution in [0.25, 0.3) is 11.3 Å². The van der Waals surface area contributed by atoms with Crippen LogP contribution < -0.4 is 10.2 Å². The number of hydrogen-bond donors (Lipinski definition) is 1. The molecule has 29 heavy (non-hydrogen) atoms. The Hall–Kier alpha value is -2.50. The monoisotopic (exact) mass is 398 g/mol. The molecule has 2 heterocycles. The number of unbranched alkanes of at least 4 members (excludes halogenated alkanes) is 4. The number of carbonyl (C=O) groups is 1. The van der Waals surface area contributed by atoms with Gasteiger partial charge in [-0.3, -0.25) is 4.79 Å². The second kappa shape index (κ2) is 10.9. The van der Waals surface area contributed by atoms with E-state index >= 15 is 0 Å². The number of piperidine rings is 1. The number of hydrogen-bond acceptors (Lipinski definition) is 4. The number of benzene rings is 1. The summed E-state index contributed by atoms with van der Waals surface area (Å²) in [5.41, 5.74) is 1.37. The van der Waals surface area contributed by atoms with Gasteiger partial charge in [0.2, 0.25) is 5.91 Å². The van der Waals surface area contributed by atoms with Gasteiger partial charge in [0.15, 0.2) is 5.82 Å². The van der Waals surface area contributed by atoms with Gasteiger partial charge in [-0.25, -0.2) is 4.39 Å². The van der Waals surface area contributed by atoms with E-state index in [0.29, 0.717) is 11.3 Å². The summed E-state index contributed by atoms with van der Waals surface area (Å²) in [6.07, 6.45) is 7.68. The molecule has 1 amide bonds. The highest BCUT2D eigenvalue weighted by atomic mass is 19.1. The second-order valence-corrected chi connectivity index (χ2v) is 7.75. The maximum Gasteiger partial charge on any atom is 0.223 e. The Labute approximate surface area is 172 Å². The summed E-state index contributed by atoms with van der Waals surface area (Å²) < 4.78 is 13.4. The Morgan fingerprint density at radius 3 is 2.59 bits per heavy atom. The first-order chi connectivity index (χ1) is 14.2. The molecule has 0 atom stereocenters. The Balaban J connectivity index is 1.44. The molecule has 2 aromatic rings. The molecule has 1 aliphatic rings. The molecule has 1 aromatic heterocycles. The van der Waals surface area contributed by atoms with Crippen molar-refractivity contribution in [3.8, 4) is 11.3 Å². The van der Waals surface area contributed by atoms with Crippen molar-refractivity contribution in [2.75, 3.05) is 24.5 Å². The average molecular weight is 399 g/mol. The summed E-state index contributed by atoms with van der Waals surface area (Å²) in [4.78, 5) is 14.5. The lowest BCUT2D eigenvalue weighted by molar-refractivity contribution is -0.125. The van der Waals surface area contributed by atoms with E-state index in [9.17, 15) is 9.18 Å². The zero-order valence-corrected chi connectivity index (χ0v) is 17.2. The van der Waals surface area contributed by atoms with Crippen molar-refractivity contribution in [2.45, 2.75) is 51.9 Å². The Morgan fingerprint density at radius 2 is 1.90 bits per heavy atom. The largest absolute Gasteiger partial charge is 0.356 e. The molecule has 1 aliphatic heterocycles. The van der Waals surface area contributed by atoms with Crippen LogP contribution in [-0.2, 0) is 4.79 Å². The van der Waals surface area contributed by atoms with Gasteiger partial charge in [0, 0.05) is 31.1 Å². The number of aromatic nitrogens is 2. The van der Waals surface area contributed by atoms with Crippen LogP contribution in [0.4, 0.5) is 10.2 Å². The van der Waals surface area contributed by atoms with E-state index in [1.807, 2.05) is 18.2 Å². The molecule has 3 rings (SSSR count). The molecule has 0 bridgehead atoms. The van der Waals surface area contributed by atoms with Crippen LogP contribution in [0.15, 0.2) is 36.4 Å². The topological polar surface area (TPSA) is 58.1 Å². The van der Waals surface area contributed by atoms with Gasteiger partial charge in [0.1, 0.15) is 5.82 Å². The van der Waals surface area contributed by atoms with Crippen molar-refractivity contribution in [1.82, 2.24) is 15.5 Å². The summed E-state index contributed by atoms with van der Waals surface area (Å²) in [6, 6.07) is 10.1. The third kappa shape index (κ3) is 6.24. The summed E-state index contributed by atoms with van der Waals surface area (Å²) in [5, 5.41) is 11.7. The number of nitrogens with zero attached hydrogens (tertiary/aromatic N) is 3. The zero-order valence-electron chi connectivity index (χ0n) is 17.2. The molecule has 1 N–H and O–H groups in total. The molecule has 5 nitrogen and oxygen atoms in total. The number of halogens is 1.